The van der Waals surface area contributed by atoms with E-state index in [2.05, 4.69) is 20.2 Å². The van der Waals surface area contributed by atoms with E-state index in [0.717, 1.165) is 41.6 Å². The average molecular weight is 388 g/mol. The first-order chi connectivity index (χ1) is 14.2. The normalized spacial score (nSPS) is 13.3. The van der Waals surface area contributed by atoms with E-state index in [0.29, 0.717) is 12.2 Å². The van der Waals surface area contributed by atoms with Crippen LogP contribution < -0.4 is 15.0 Å². The van der Waals surface area contributed by atoms with Crippen molar-refractivity contribution in [1.29, 1.82) is 0 Å². The molecule has 0 unspecified atom stereocenters. The molecular formula is C23H24N4O2. The van der Waals surface area contributed by atoms with Gasteiger partial charge in [0.1, 0.15) is 17.9 Å². The van der Waals surface area contributed by atoms with E-state index in [-0.39, 0.29) is 5.91 Å². The highest BCUT2D eigenvalue weighted by Crippen LogP contribution is 2.24. The van der Waals surface area contributed by atoms with Gasteiger partial charge in [-0.25, -0.2) is 9.97 Å². The Morgan fingerprint density at radius 1 is 1.07 bits per heavy atom. The number of carbonyl (C=O) groups is 1. The highest BCUT2D eigenvalue weighted by Gasteiger charge is 2.15. The molecule has 1 fully saturated rings. The number of hydrogen-bond acceptors (Lipinski definition) is 5. The highest BCUT2D eigenvalue weighted by atomic mass is 16.5. The van der Waals surface area contributed by atoms with E-state index in [1.54, 1.807) is 12.4 Å². The van der Waals surface area contributed by atoms with Crippen molar-refractivity contribution < 1.29 is 9.53 Å². The Morgan fingerprint density at radius 2 is 1.86 bits per heavy atom. The van der Waals surface area contributed by atoms with E-state index < -0.39 is 0 Å². The van der Waals surface area contributed by atoms with Gasteiger partial charge in [0, 0.05) is 36.0 Å². The van der Waals surface area contributed by atoms with Gasteiger partial charge in [-0.05, 0) is 56.2 Å². The van der Waals surface area contributed by atoms with Gasteiger partial charge < -0.3 is 15.0 Å². The summed E-state index contributed by atoms with van der Waals surface area (Å²) in [6.45, 7) is 4.61. The second kappa shape index (κ2) is 8.73. The molecule has 29 heavy (non-hydrogen) atoms. The van der Waals surface area contributed by atoms with Crippen LogP contribution in [0, 0.1) is 0 Å². The summed E-state index contributed by atoms with van der Waals surface area (Å²) in [6.07, 6.45) is 3.98. The molecule has 0 spiro atoms. The minimum atomic E-state index is -0.162. The Labute approximate surface area is 170 Å². The van der Waals surface area contributed by atoms with Crippen molar-refractivity contribution in [2.75, 3.05) is 29.9 Å². The molecule has 1 saturated heterocycles. The Bertz CT molecular complexity index is 982. The summed E-state index contributed by atoms with van der Waals surface area (Å²) < 4.78 is 5.43. The summed E-state index contributed by atoms with van der Waals surface area (Å²) in [5.74, 6) is 1.56. The fourth-order valence-corrected chi connectivity index (χ4v) is 3.45. The van der Waals surface area contributed by atoms with Crippen molar-refractivity contribution in [3.05, 3.63) is 66.5 Å². The first-order valence-corrected chi connectivity index (χ1v) is 9.94. The van der Waals surface area contributed by atoms with Gasteiger partial charge in [0.2, 0.25) is 0 Å². The molecule has 3 aromatic rings. The molecule has 2 heterocycles. The molecule has 0 aliphatic carbocycles. The number of benzene rings is 2. The molecule has 0 radical (unpaired) electrons. The topological polar surface area (TPSA) is 67.3 Å². The zero-order chi connectivity index (χ0) is 20.1. The van der Waals surface area contributed by atoms with Crippen LogP contribution in [0.25, 0.3) is 11.3 Å². The van der Waals surface area contributed by atoms with Crippen molar-refractivity contribution in [1.82, 2.24) is 9.97 Å². The van der Waals surface area contributed by atoms with Crippen LogP contribution in [0.3, 0.4) is 0 Å². The van der Waals surface area contributed by atoms with E-state index in [1.165, 1.54) is 12.8 Å². The molecule has 1 aromatic heterocycles. The van der Waals surface area contributed by atoms with Crippen molar-refractivity contribution in [3.8, 4) is 17.0 Å². The quantitative estimate of drug-likeness (QED) is 0.678. The van der Waals surface area contributed by atoms with E-state index in [9.17, 15) is 4.79 Å². The van der Waals surface area contributed by atoms with Crippen molar-refractivity contribution in [2.45, 2.75) is 19.8 Å². The first kappa shape index (κ1) is 18.9. The second-order valence-electron chi connectivity index (χ2n) is 6.95. The lowest BCUT2D eigenvalue weighted by atomic mass is 10.1. The van der Waals surface area contributed by atoms with Gasteiger partial charge >= 0.3 is 0 Å². The van der Waals surface area contributed by atoms with E-state index >= 15 is 0 Å². The summed E-state index contributed by atoms with van der Waals surface area (Å²) in [5.41, 5.74) is 3.02. The zero-order valence-corrected chi connectivity index (χ0v) is 16.5. The van der Waals surface area contributed by atoms with Gasteiger partial charge in [-0.2, -0.15) is 0 Å². The lowest BCUT2D eigenvalue weighted by Crippen LogP contribution is -2.19. The fourth-order valence-electron chi connectivity index (χ4n) is 3.45. The predicted molar refractivity (Wildman–Crippen MR) is 114 cm³/mol. The molecule has 1 aliphatic heterocycles. The summed E-state index contributed by atoms with van der Waals surface area (Å²) in [5, 5.41) is 2.93. The predicted octanol–water partition coefficient (Wildman–Crippen LogP) is 4.39. The molecule has 1 aliphatic rings. The molecule has 2 aromatic carbocycles. The minimum absolute atomic E-state index is 0.162. The second-order valence-corrected chi connectivity index (χ2v) is 6.95. The monoisotopic (exact) mass is 388 g/mol. The molecule has 0 atom stereocenters. The number of nitrogens with zero attached hydrogens (tertiary/aromatic N) is 3. The third-order valence-corrected chi connectivity index (χ3v) is 4.93. The Morgan fingerprint density at radius 3 is 2.62 bits per heavy atom. The van der Waals surface area contributed by atoms with Gasteiger partial charge in [-0.1, -0.05) is 12.1 Å². The molecule has 1 N–H and O–H groups in total. The highest BCUT2D eigenvalue weighted by molar-refractivity contribution is 6.04. The number of ether oxygens (including phenoxy) is 1. The van der Waals surface area contributed by atoms with E-state index in [4.69, 9.17) is 4.74 Å². The number of anilines is 2. The molecule has 1 amide bonds. The van der Waals surface area contributed by atoms with Crippen molar-refractivity contribution >= 4 is 17.4 Å². The SMILES string of the molecule is CCOc1ccc(NC(=O)c2cccc(-c3cc(N4CCCC4)ncn3)c2)cc1. The number of carbonyl (C=O) groups excluding carboxylic acids is 1. The number of rotatable bonds is 6. The molecule has 6 heteroatoms. The molecule has 0 saturated carbocycles. The van der Waals surface area contributed by atoms with Crippen LogP contribution in [0.5, 0.6) is 5.75 Å². The van der Waals surface area contributed by atoms with Crippen LogP contribution in [0.1, 0.15) is 30.1 Å². The number of hydrogen-bond donors (Lipinski definition) is 1. The molecule has 0 bridgehead atoms. The van der Waals surface area contributed by atoms with Gasteiger partial charge in [0.05, 0.1) is 12.3 Å². The van der Waals surface area contributed by atoms with Crippen LogP contribution in [0.4, 0.5) is 11.5 Å². The lowest BCUT2D eigenvalue weighted by Gasteiger charge is -2.16. The first-order valence-electron chi connectivity index (χ1n) is 9.94. The van der Waals surface area contributed by atoms with Crippen molar-refractivity contribution in [2.24, 2.45) is 0 Å². The third kappa shape index (κ3) is 4.54. The van der Waals surface area contributed by atoms with Crippen LogP contribution >= 0.6 is 0 Å². The van der Waals surface area contributed by atoms with Crippen molar-refractivity contribution in [3.63, 3.8) is 0 Å². The molecule has 6 nitrogen and oxygen atoms in total. The maximum atomic E-state index is 12.7. The lowest BCUT2D eigenvalue weighted by molar-refractivity contribution is 0.102. The number of aromatic nitrogens is 2. The summed E-state index contributed by atoms with van der Waals surface area (Å²) in [6, 6.07) is 16.8. The van der Waals surface area contributed by atoms with Gasteiger partial charge in [0.25, 0.3) is 5.91 Å². The Hall–Kier alpha value is -3.41. The minimum Gasteiger partial charge on any atom is -0.494 e. The van der Waals surface area contributed by atoms with Crippen LogP contribution in [0.15, 0.2) is 60.9 Å². The number of amides is 1. The summed E-state index contributed by atoms with van der Waals surface area (Å²) in [4.78, 5) is 23.8. The number of nitrogens with one attached hydrogen (secondary N) is 1. The van der Waals surface area contributed by atoms with Crippen LogP contribution in [0.2, 0.25) is 0 Å². The average Bonchev–Trinajstić information content (AvgIpc) is 3.31. The maximum absolute atomic E-state index is 12.7. The summed E-state index contributed by atoms with van der Waals surface area (Å²) >= 11 is 0. The van der Waals surface area contributed by atoms with E-state index in [1.807, 2.05) is 55.5 Å². The largest absolute Gasteiger partial charge is 0.494 e. The standard InChI is InChI=1S/C23H24N4O2/c1-2-29-20-10-8-19(9-11-20)26-23(28)18-7-5-6-17(14-18)21-15-22(25-16-24-21)27-12-3-4-13-27/h5-11,14-16H,2-4,12-13H2,1H3,(H,26,28). The fraction of sp³-hybridized carbons (Fsp3) is 0.261. The summed E-state index contributed by atoms with van der Waals surface area (Å²) in [7, 11) is 0. The Kier molecular flexibility index (Phi) is 5.70. The van der Waals surface area contributed by atoms with Crippen LogP contribution in [-0.4, -0.2) is 35.6 Å². The smallest absolute Gasteiger partial charge is 0.255 e. The Balaban J connectivity index is 1.51. The van der Waals surface area contributed by atoms with Gasteiger partial charge in [-0.15, -0.1) is 0 Å². The van der Waals surface area contributed by atoms with Gasteiger partial charge in [-0.3, -0.25) is 4.79 Å². The van der Waals surface area contributed by atoms with Crippen LogP contribution in [-0.2, 0) is 0 Å². The molecular weight excluding hydrogens is 364 g/mol. The molecule has 4 rings (SSSR count). The maximum Gasteiger partial charge on any atom is 0.255 e. The molecule has 148 valence electrons. The third-order valence-electron chi connectivity index (χ3n) is 4.93. The van der Waals surface area contributed by atoms with Gasteiger partial charge in [0.15, 0.2) is 0 Å². The zero-order valence-electron chi connectivity index (χ0n) is 16.5.